The van der Waals surface area contributed by atoms with Crippen molar-refractivity contribution in [3.63, 3.8) is 0 Å². The van der Waals surface area contributed by atoms with Gasteiger partial charge in [0.25, 0.3) is 5.91 Å². The molecule has 0 fully saturated rings. The molecule has 0 unspecified atom stereocenters. The van der Waals surface area contributed by atoms with Crippen molar-refractivity contribution in [3.05, 3.63) is 82.8 Å². The van der Waals surface area contributed by atoms with Crippen molar-refractivity contribution in [2.75, 3.05) is 7.11 Å². The van der Waals surface area contributed by atoms with Crippen LogP contribution in [0, 0.1) is 6.92 Å². The molecule has 0 saturated heterocycles. The molecule has 1 aliphatic carbocycles. The fraction of sp³-hybridized carbons (Fsp3) is 0.240. The normalized spacial score (nSPS) is 12.7. The average molecular weight is 412 g/mol. The lowest BCUT2D eigenvalue weighted by Gasteiger charge is -2.09. The summed E-state index contributed by atoms with van der Waals surface area (Å²) in [5.41, 5.74) is 6.62. The van der Waals surface area contributed by atoms with Gasteiger partial charge in [-0.3, -0.25) is 9.78 Å². The molecule has 1 N–H and O–H groups in total. The van der Waals surface area contributed by atoms with Gasteiger partial charge in [-0.25, -0.2) is 4.68 Å². The van der Waals surface area contributed by atoms with Gasteiger partial charge in [-0.05, 0) is 62.1 Å². The third-order valence-corrected chi connectivity index (χ3v) is 5.89. The Morgan fingerprint density at radius 3 is 2.77 bits per heavy atom. The Balaban J connectivity index is 1.39. The van der Waals surface area contributed by atoms with Crippen molar-refractivity contribution in [2.24, 2.45) is 0 Å². The Labute approximate surface area is 180 Å². The van der Waals surface area contributed by atoms with Gasteiger partial charge >= 0.3 is 0 Å². The standard InChI is InChI=1S/C25H24N4O2/c1-16-21(13-17-11-12-19(31-2)14-22(17)27-16)25(30)26-15-23-20-9-6-10-24(20)29(28-23)18-7-4-3-5-8-18/h3-5,7-8,11-14H,6,9-10,15H2,1-2H3,(H,26,30). The maximum absolute atomic E-state index is 13.0. The van der Waals surface area contributed by atoms with E-state index in [1.54, 1.807) is 7.11 Å². The molecule has 2 heterocycles. The van der Waals surface area contributed by atoms with Crippen LogP contribution in [0.1, 0.15) is 39.4 Å². The molecule has 0 atom stereocenters. The van der Waals surface area contributed by atoms with E-state index in [0.717, 1.165) is 47.3 Å². The summed E-state index contributed by atoms with van der Waals surface area (Å²) in [6.07, 6.45) is 3.15. The maximum Gasteiger partial charge on any atom is 0.253 e. The van der Waals surface area contributed by atoms with Crippen LogP contribution in [0.2, 0.25) is 0 Å². The average Bonchev–Trinajstić information content (AvgIpc) is 3.40. The topological polar surface area (TPSA) is 69.0 Å². The fourth-order valence-corrected chi connectivity index (χ4v) is 4.30. The minimum absolute atomic E-state index is 0.135. The molecule has 1 amide bonds. The summed E-state index contributed by atoms with van der Waals surface area (Å²) in [7, 11) is 1.63. The molecule has 5 rings (SSSR count). The minimum atomic E-state index is -0.135. The number of rotatable bonds is 5. The van der Waals surface area contributed by atoms with Gasteiger partial charge < -0.3 is 10.1 Å². The number of aryl methyl sites for hydroxylation is 1. The zero-order valence-electron chi connectivity index (χ0n) is 17.7. The summed E-state index contributed by atoms with van der Waals surface area (Å²) in [4.78, 5) is 17.6. The Morgan fingerprint density at radius 2 is 1.97 bits per heavy atom. The van der Waals surface area contributed by atoms with Gasteiger partial charge in [0.15, 0.2) is 0 Å². The molecule has 31 heavy (non-hydrogen) atoms. The largest absolute Gasteiger partial charge is 0.497 e. The molecule has 0 bridgehead atoms. The molecule has 2 aromatic heterocycles. The van der Waals surface area contributed by atoms with Crippen molar-refractivity contribution in [3.8, 4) is 11.4 Å². The molecule has 156 valence electrons. The highest BCUT2D eigenvalue weighted by molar-refractivity contribution is 5.98. The number of aromatic nitrogens is 3. The van der Waals surface area contributed by atoms with Crippen LogP contribution < -0.4 is 10.1 Å². The molecule has 0 spiro atoms. The maximum atomic E-state index is 13.0. The summed E-state index contributed by atoms with van der Waals surface area (Å²) < 4.78 is 7.30. The number of pyridine rings is 1. The van der Waals surface area contributed by atoms with Crippen molar-refractivity contribution in [1.82, 2.24) is 20.1 Å². The first-order chi connectivity index (χ1) is 15.1. The monoisotopic (exact) mass is 412 g/mol. The van der Waals surface area contributed by atoms with Crippen LogP contribution in [-0.2, 0) is 19.4 Å². The van der Waals surface area contributed by atoms with Crippen LogP contribution in [-0.4, -0.2) is 27.8 Å². The number of hydrogen-bond acceptors (Lipinski definition) is 4. The van der Waals surface area contributed by atoms with Gasteiger partial charge in [0.1, 0.15) is 5.75 Å². The third kappa shape index (κ3) is 3.54. The fourth-order valence-electron chi connectivity index (χ4n) is 4.30. The van der Waals surface area contributed by atoms with Gasteiger partial charge in [0.05, 0.1) is 41.8 Å². The molecular weight excluding hydrogens is 388 g/mol. The van der Waals surface area contributed by atoms with Crippen molar-refractivity contribution >= 4 is 16.8 Å². The highest BCUT2D eigenvalue weighted by Crippen LogP contribution is 2.28. The van der Waals surface area contributed by atoms with Crippen molar-refractivity contribution in [1.29, 1.82) is 0 Å². The van der Waals surface area contributed by atoms with Crippen molar-refractivity contribution in [2.45, 2.75) is 32.7 Å². The van der Waals surface area contributed by atoms with Crippen molar-refractivity contribution < 1.29 is 9.53 Å². The van der Waals surface area contributed by atoms with E-state index in [4.69, 9.17) is 9.84 Å². The van der Waals surface area contributed by atoms with Gasteiger partial charge in [-0.1, -0.05) is 18.2 Å². The van der Waals surface area contributed by atoms with Crippen LogP contribution in [0.5, 0.6) is 5.75 Å². The first-order valence-electron chi connectivity index (χ1n) is 10.5. The second-order valence-electron chi connectivity index (χ2n) is 7.84. The van der Waals surface area contributed by atoms with Crippen LogP contribution >= 0.6 is 0 Å². The van der Waals surface area contributed by atoms with Gasteiger partial charge in [0, 0.05) is 17.1 Å². The van der Waals surface area contributed by atoms with Gasteiger partial charge in [0.2, 0.25) is 0 Å². The smallest absolute Gasteiger partial charge is 0.253 e. The van der Waals surface area contributed by atoms with Crippen LogP contribution in [0.4, 0.5) is 0 Å². The highest BCUT2D eigenvalue weighted by Gasteiger charge is 2.23. The molecule has 0 aliphatic heterocycles. The Morgan fingerprint density at radius 1 is 1.13 bits per heavy atom. The summed E-state index contributed by atoms with van der Waals surface area (Å²) in [6.45, 7) is 2.26. The van der Waals surface area contributed by atoms with E-state index < -0.39 is 0 Å². The number of fused-ring (bicyclic) bond motifs is 2. The molecule has 4 aromatic rings. The number of nitrogens with zero attached hydrogens (tertiary/aromatic N) is 3. The molecule has 2 aromatic carbocycles. The molecule has 0 saturated carbocycles. The quantitative estimate of drug-likeness (QED) is 0.535. The first-order valence-corrected chi connectivity index (χ1v) is 10.5. The zero-order chi connectivity index (χ0) is 21.4. The third-order valence-electron chi connectivity index (χ3n) is 5.89. The molecular formula is C25H24N4O2. The van der Waals surface area contributed by atoms with Gasteiger partial charge in [-0.15, -0.1) is 0 Å². The lowest BCUT2D eigenvalue weighted by atomic mass is 10.1. The number of ether oxygens (including phenoxy) is 1. The molecule has 0 radical (unpaired) electrons. The van der Waals surface area contributed by atoms with Crippen LogP contribution in [0.3, 0.4) is 0 Å². The highest BCUT2D eigenvalue weighted by atomic mass is 16.5. The lowest BCUT2D eigenvalue weighted by molar-refractivity contribution is 0.0949. The van der Waals surface area contributed by atoms with Gasteiger partial charge in [-0.2, -0.15) is 5.10 Å². The van der Waals surface area contributed by atoms with Crippen LogP contribution in [0.15, 0.2) is 54.6 Å². The number of amides is 1. The first kappa shape index (κ1) is 19.3. The van der Waals surface area contributed by atoms with E-state index in [9.17, 15) is 4.79 Å². The van der Waals surface area contributed by atoms with E-state index in [1.165, 1.54) is 11.3 Å². The number of benzene rings is 2. The number of nitrogens with one attached hydrogen (secondary N) is 1. The predicted octanol–water partition coefficient (Wildman–Crippen LogP) is 4.16. The molecule has 6 nitrogen and oxygen atoms in total. The Hall–Kier alpha value is -3.67. The van der Waals surface area contributed by atoms with E-state index in [2.05, 4.69) is 22.4 Å². The van der Waals surface area contributed by atoms with E-state index >= 15 is 0 Å². The number of para-hydroxylation sites is 1. The summed E-state index contributed by atoms with van der Waals surface area (Å²) in [5.74, 6) is 0.614. The SMILES string of the molecule is COc1ccc2cc(C(=O)NCc3nn(-c4ccccc4)c4c3CCC4)c(C)nc2c1. The Kier molecular flexibility index (Phi) is 4.90. The molecule has 6 heteroatoms. The van der Waals surface area contributed by atoms with E-state index in [-0.39, 0.29) is 5.91 Å². The predicted molar refractivity (Wildman–Crippen MR) is 120 cm³/mol. The summed E-state index contributed by atoms with van der Waals surface area (Å²) >= 11 is 0. The second-order valence-corrected chi connectivity index (χ2v) is 7.84. The number of hydrogen-bond donors (Lipinski definition) is 1. The summed E-state index contributed by atoms with van der Waals surface area (Å²) in [6, 6.07) is 17.7. The lowest BCUT2D eigenvalue weighted by Crippen LogP contribution is -2.24. The second kappa shape index (κ2) is 7.87. The van der Waals surface area contributed by atoms with Crippen LogP contribution in [0.25, 0.3) is 16.6 Å². The summed E-state index contributed by atoms with van der Waals surface area (Å²) in [5, 5.41) is 8.80. The minimum Gasteiger partial charge on any atom is -0.497 e. The van der Waals surface area contributed by atoms with E-state index in [1.807, 2.05) is 54.1 Å². The Bertz CT molecular complexity index is 1280. The number of carbonyl (C=O) groups excluding carboxylic acids is 1. The zero-order valence-corrected chi connectivity index (χ0v) is 17.7. The molecule has 1 aliphatic rings. The number of methoxy groups -OCH3 is 1. The number of carbonyl (C=O) groups is 1. The van der Waals surface area contributed by atoms with E-state index in [0.29, 0.717) is 17.8 Å².